The van der Waals surface area contributed by atoms with Gasteiger partial charge < -0.3 is 10.2 Å². The summed E-state index contributed by atoms with van der Waals surface area (Å²) in [5.74, 6) is 0.589. The second-order valence-corrected chi connectivity index (χ2v) is 8.02. The second-order valence-electron chi connectivity index (χ2n) is 6.64. The number of aromatic nitrogens is 4. The van der Waals surface area contributed by atoms with Gasteiger partial charge in [0.1, 0.15) is 0 Å². The number of hydrogen-bond donors (Lipinski definition) is 1. The Bertz CT molecular complexity index is 962. The van der Waals surface area contributed by atoms with Crippen molar-refractivity contribution in [2.45, 2.75) is 19.8 Å². The first kappa shape index (κ1) is 18.8. The first-order chi connectivity index (χ1) is 13.6. The molecular weight excluding hydrogens is 396 g/mol. The largest absolute Gasteiger partial charge is 0.354 e. The van der Waals surface area contributed by atoms with E-state index in [1.54, 1.807) is 12.3 Å². The van der Waals surface area contributed by atoms with Gasteiger partial charge >= 0.3 is 0 Å². The van der Waals surface area contributed by atoms with Crippen molar-refractivity contribution in [3.63, 3.8) is 0 Å². The van der Waals surface area contributed by atoms with Gasteiger partial charge in [-0.25, -0.2) is 4.98 Å². The maximum atomic E-state index is 12.8. The lowest BCUT2D eigenvalue weighted by atomic mass is 9.97. The van der Waals surface area contributed by atoms with Crippen molar-refractivity contribution in [1.82, 2.24) is 20.2 Å². The fourth-order valence-electron chi connectivity index (χ4n) is 3.27. The minimum atomic E-state index is -0.131. The molecule has 9 heteroatoms. The van der Waals surface area contributed by atoms with Crippen LogP contribution in [0.15, 0.2) is 36.5 Å². The smallest absolute Gasteiger partial charge is 0.231 e. The van der Waals surface area contributed by atoms with Crippen molar-refractivity contribution >= 4 is 39.8 Å². The van der Waals surface area contributed by atoms with Crippen LogP contribution in [0, 0.1) is 12.8 Å². The lowest BCUT2D eigenvalue weighted by Gasteiger charge is -2.32. The molecule has 1 saturated heterocycles. The molecule has 0 spiro atoms. The van der Waals surface area contributed by atoms with Gasteiger partial charge in [-0.1, -0.05) is 29.0 Å². The van der Waals surface area contributed by atoms with E-state index >= 15 is 0 Å². The van der Waals surface area contributed by atoms with Crippen LogP contribution in [-0.4, -0.2) is 39.2 Å². The number of hydrogen-bond acceptors (Lipinski definition) is 7. The number of carbonyl (C=O) groups is 1. The number of thiazole rings is 1. The van der Waals surface area contributed by atoms with Crippen LogP contribution in [0.5, 0.6) is 0 Å². The number of anilines is 2. The van der Waals surface area contributed by atoms with Gasteiger partial charge in [0, 0.05) is 19.3 Å². The summed E-state index contributed by atoms with van der Waals surface area (Å²) in [7, 11) is 0. The van der Waals surface area contributed by atoms with Gasteiger partial charge in [0.2, 0.25) is 5.91 Å². The highest BCUT2D eigenvalue weighted by Gasteiger charge is 2.27. The van der Waals surface area contributed by atoms with E-state index in [0.29, 0.717) is 16.8 Å². The Morgan fingerprint density at radius 3 is 2.93 bits per heavy atom. The Balaban J connectivity index is 1.44. The lowest BCUT2D eigenvalue weighted by Crippen LogP contribution is -2.41. The van der Waals surface area contributed by atoms with E-state index in [-0.39, 0.29) is 11.8 Å². The molecule has 0 unspecified atom stereocenters. The van der Waals surface area contributed by atoms with E-state index in [1.807, 2.05) is 31.2 Å². The third-order valence-corrected chi connectivity index (χ3v) is 5.96. The van der Waals surface area contributed by atoms with Crippen LogP contribution in [-0.2, 0) is 4.79 Å². The van der Waals surface area contributed by atoms with Gasteiger partial charge in [-0.15, -0.1) is 10.2 Å². The molecule has 1 amide bonds. The molecule has 0 radical (unpaired) electrons. The number of amides is 1. The number of aryl methyl sites for hydroxylation is 1. The third kappa shape index (κ3) is 4.13. The Labute approximate surface area is 171 Å². The summed E-state index contributed by atoms with van der Waals surface area (Å²) in [4.78, 5) is 24.7. The summed E-state index contributed by atoms with van der Waals surface area (Å²) in [5.41, 5.74) is 1.73. The molecule has 7 nitrogen and oxygen atoms in total. The molecule has 1 N–H and O–H groups in total. The van der Waals surface area contributed by atoms with Crippen molar-refractivity contribution in [3.8, 4) is 10.6 Å². The summed E-state index contributed by atoms with van der Waals surface area (Å²) in [6, 6.07) is 9.31. The highest BCUT2D eigenvalue weighted by atomic mass is 35.5. The van der Waals surface area contributed by atoms with Gasteiger partial charge in [0.05, 0.1) is 22.2 Å². The van der Waals surface area contributed by atoms with E-state index in [1.165, 1.54) is 11.3 Å². The van der Waals surface area contributed by atoms with Crippen LogP contribution in [0.3, 0.4) is 0 Å². The van der Waals surface area contributed by atoms with Crippen LogP contribution >= 0.6 is 22.9 Å². The minimum absolute atomic E-state index is 0.0204. The normalized spacial score (nSPS) is 16.8. The molecule has 4 heterocycles. The van der Waals surface area contributed by atoms with E-state index in [0.717, 1.165) is 41.5 Å². The fraction of sp³-hybridized carbons (Fsp3) is 0.316. The molecule has 28 heavy (non-hydrogen) atoms. The van der Waals surface area contributed by atoms with Crippen molar-refractivity contribution < 1.29 is 4.79 Å². The van der Waals surface area contributed by atoms with E-state index in [9.17, 15) is 4.79 Å². The molecular formula is C19H19ClN6OS. The Kier molecular flexibility index (Phi) is 5.50. The van der Waals surface area contributed by atoms with Crippen molar-refractivity contribution in [1.29, 1.82) is 0 Å². The number of nitrogens with one attached hydrogen (secondary N) is 1. The molecule has 1 atom stereocenters. The quantitative estimate of drug-likeness (QED) is 0.698. The summed E-state index contributed by atoms with van der Waals surface area (Å²) >= 11 is 7.26. The summed E-state index contributed by atoms with van der Waals surface area (Å²) in [6.07, 6.45) is 3.50. The van der Waals surface area contributed by atoms with Crippen LogP contribution in [0.4, 0.5) is 10.9 Å². The highest BCUT2D eigenvalue weighted by molar-refractivity contribution is 7.19. The molecule has 4 rings (SSSR count). The van der Waals surface area contributed by atoms with Crippen LogP contribution in [0.2, 0.25) is 5.15 Å². The maximum Gasteiger partial charge on any atom is 0.231 e. The Hall–Kier alpha value is -2.58. The number of piperidine rings is 1. The van der Waals surface area contributed by atoms with Crippen LogP contribution in [0.1, 0.15) is 18.5 Å². The molecule has 0 aromatic carbocycles. The molecule has 1 aliphatic heterocycles. The zero-order valence-electron chi connectivity index (χ0n) is 15.3. The van der Waals surface area contributed by atoms with Gasteiger partial charge in [-0.05, 0) is 44.0 Å². The highest BCUT2D eigenvalue weighted by Crippen LogP contribution is 2.32. The molecule has 0 saturated carbocycles. The first-order valence-electron chi connectivity index (χ1n) is 9.04. The lowest BCUT2D eigenvalue weighted by molar-refractivity contribution is -0.120. The number of rotatable bonds is 4. The monoisotopic (exact) mass is 414 g/mol. The number of pyridine rings is 1. The summed E-state index contributed by atoms with van der Waals surface area (Å²) in [5, 5.41) is 12.0. The van der Waals surface area contributed by atoms with Gasteiger partial charge in [0.15, 0.2) is 16.1 Å². The SMILES string of the molecule is Cc1nc(NC(=O)[C@H]2CCCN(c3ccc(Cl)nn3)C2)sc1-c1ccccn1. The maximum absolute atomic E-state index is 12.8. The molecule has 1 fully saturated rings. The predicted octanol–water partition coefficient (Wildman–Crippen LogP) is 3.81. The molecule has 144 valence electrons. The van der Waals surface area contributed by atoms with Crippen molar-refractivity contribution in [2.24, 2.45) is 5.92 Å². The average molecular weight is 415 g/mol. The predicted molar refractivity (Wildman–Crippen MR) is 111 cm³/mol. The third-order valence-electron chi connectivity index (χ3n) is 4.66. The fourth-order valence-corrected chi connectivity index (χ4v) is 4.32. The number of halogens is 1. The van der Waals surface area contributed by atoms with E-state index in [4.69, 9.17) is 11.6 Å². The number of nitrogens with zero attached hydrogens (tertiary/aromatic N) is 5. The molecule has 3 aromatic heterocycles. The van der Waals surface area contributed by atoms with Gasteiger partial charge in [0.25, 0.3) is 0 Å². The van der Waals surface area contributed by atoms with E-state index < -0.39 is 0 Å². The molecule has 0 aliphatic carbocycles. The first-order valence-corrected chi connectivity index (χ1v) is 10.2. The van der Waals surface area contributed by atoms with Crippen LogP contribution < -0.4 is 10.2 Å². The van der Waals surface area contributed by atoms with Crippen molar-refractivity contribution in [3.05, 3.63) is 47.4 Å². The average Bonchev–Trinajstić information content (AvgIpc) is 3.09. The van der Waals surface area contributed by atoms with E-state index in [2.05, 4.69) is 30.4 Å². The zero-order valence-corrected chi connectivity index (χ0v) is 16.9. The summed E-state index contributed by atoms with van der Waals surface area (Å²) < 4.78 is 0. The zero-order chi connectivity index (χ0) is 19.5. The Morgan fingerprint density at radius 1 is 1.29 bits per heavy atom. The molecule has 0 bridgehead atoms. The topological polar surface area (TPSA) is 83.9 Å². The molecule has 1 aliphatic rings. The van der Waals surface area contributed by atoms with Crippen LogP contribution in [0.25, 0.3) is 10.6 Å². The van der Waals surface area contributed by atoms with Crippen molar-refractivity contribution in [2.75, 3.05) is 23.3 Å². The second kappa shape index (κ2) is 8.20. The Morgan fingerprint density at radius 2 is 2.18 bits per heavy atom. The van der Waals surface area contributed by atoms with Gasteiger partial charge in [-0.2, -0.15) is 0 Å². The molecule has 3 aromatic rings. The number of carbonyl (C=O) groups excluding carboxylic acids is 1. The standard InChI is InChI=1S/C19H19ClN6OS/c1-12-17(14-6-2-3-9-21-14)28-19(22-12)23-18(27)13-5-4-10-26(11-13)16-8-7-15(20)24-25-16/h2-3,6-9,13H,4-5,10-11H2,1H3,(H,22,23,27)/t13-/m0/s1. The van der Waals surface area contributed by atoms with Gasteiger partial charge in [-0.3, -0.25) is 9.78 Å². The summed E-state index contributed by atoms with van der Waals surface area (Å²) in [6.45, 7) is 3.37. The minimum Gasteiger partial charge on any atom is -0.354 e.